The summed E-state index contributed by atoms with van der Waals surface area (Å²) in [5, 5.41) is 1.56. The highest BCUT2D eigenvalue weighted by molar-refractivity contribution is 5.76. The SMILES string of the molecule is C=CCCC(c1ccccc1)N1OCCCC1=O. The van der Waals surface area contributed by atoms with Gasteiger partial charge in [0.2, 0.25) is 5.91 Å². The molecule has 0 N–H and O–H groups in total. The molecule has 1 aromatic carbocycles. The van der Waals surface area contributed by atoms with Crippen LogP contribution < -0.4 is 0 Å². The summed E-state index contributed by atoms with van der Waals surface area (Å²) in [6.45, 7) is 4.37. The zero-order valence-electron chi connectivity index (χ0n) is 10.5. The molecule has 1 fully saturated rings. The highest BCUT2D eigenvalue weighted by Crippen LogP contribution is 2.28. The van der Waals surface area contributed by atoms with E-state index >= 15 is 0 Å². The van der Waals surface area contributed by atoms with Crippen LogP contribution in [-0.2, 0) is 9.63 Å². The van der Waals surface area contributed by atoms with Crippen LogP contribution in [0.4, 0.5) is 0 Å². The van der Waals surface area contributed by atoms with Crippen LogP contribution in [0, 0.1) is 0 Å². The van der Waals surface area contributed by atoms with Crippen LogP contribution in [0.15, 0.2) is 43.0 Å². The molecule has 0 bridgehead atoms. The second-order valence-electron chi connectivity index (χ2n) is 4.45. The lowest BCUT2D eigenvalue weighted by Gasteiger charge is -2.33. The van der Waals surface area contributed by atoms with Crippen LogP contribution in [-0.4, -0.2) is 17.6 Å². The minimum Gasteiger partial charge on any atom is -0.273 e. The largest absolute Gasteiger partial charge is 0.273 e. The second kappa shape index (κ2) is 6.36. The van der Waals surface area contributed by atoms with Crippen LogP contribution in [0.5, 0.6) is 0 Å². The molecular formula is C15H19NO2. The molecule has 1 heterocycles. The maximum Gasteiger partial charge on any atom is 0.246 e. The topological polar surface area (TPSA) is 29.5 Å². The Labute approximate surface area is 108 Å². The zero-order chi connectivity index (χ0) is 12.8. The third-order valence-electron chi connectivity index (χ3n) is 3.12. The molecule has 0 aromatic heterocycles. The number of allylic oxidation sites excluding steroid dienone is 1. The van der Waals surface area contributed by atoms with E-state index in [9.17, 15) is 4.79 Å². The number of carbonyl (C=O) groups is 1. The van der Waals surface area contributed by atoms with E-state index in [0.717, 1.165) is 24.8 Å². The first-order chi connectivity index (χ1) is 8.83. The Morgan fingerprint density at radius 1 is 1.39 bits per heavy atom. The number of hydrogen-bond donors (Lipinski definition) is 0. The van der Waals surface area contributed by atoms with E-state index in [1.165, 1.54) is 0 Å². The van der Waals surface area contributed by atoms with Gasteiger partial charge in [0.25, 0.3) is 0 Å². The summed E-state index contributed by atoms with van der Waals surface area (Å²) in [6.07, 6.45) is 4.99. The maximum absolute atomic E-state index is 11.9. The predicted octanol–water partition coefficient (Wildman–Crippen LogP) is 3.25. The van der Waals surface area contributed by atoms with Gasteiger partial charge in [-0.15, -0.1) is 6.58 Å². The van der Waals surface area contributed by atoms with E-state index in [1.54, 1.807) is 5.06 Å². The maximum atomic E-state index is 11.9. The van der Waals surface area contributed by atoms with Gasteiger partial charge in [0.15, 0.2) is 0 Å². The Kier molecular flexibility index (Phi) is 4.53. The molecule has 1 saturated heterocycles. The molecule has 1 aliphatic heterocycles. The van der Waals surface area contributed by atoms with E-state index in [2.05, 4.69) is 6.58 Å². The van der Waals surface area contributed by atoms with Gasteiger partial charge >= 0.3 is 0 Å². The number of carbonyl (C=O) groups excluding carboxylic acids is 1. The van der Waals surface area contributed by atoms with Gasteiger partial charge in [-0.05, 0) is 24.8 Å². The molecule has 3 nitrogen and oxygen atoms in total. The third kappa shape index (κ3) is 2.99. The fraction of sp³-hybridized carbons (Fsp3) is 0.400. The monoisotopic (exact) mass is 245 g/mol. The van der Waals surface area contributed by atoms with Crippen molar-refractivity contribution in [1.29, 1.82) is 0 Å². The molecular weight excluding hydrogens is 226 g/mol. The summed E-state index contributed by atoms with van der Waals surface area (Å²) in [4.78, 5) is 17.5. The molecule has 18 heavy (non-hydrogen) atoms. The number of rotatable bonds is 5. The summed E-state index contributed by atoms with van der Waals surface area (Å²) in [5.74, 6) is 0.0826. The van der Waals surface area contributed by atoms with Gasteiger partial charge in [0.05, 0.1) is 12.6 Å². The zero-order valence-corrected chi connectivity index (χ0v) is 10.5. The first-order valence-electron chi connectivity index (χ1n) is 6.43. The average molecular weight is 245 g/mol. The Morgan fingerprint density at radius 3 is 2.83 bits per heavy atom. The van der Waals surface area contributed by atoms with Crippen LogP contribution in [0.1, 0.15) is 37.3 Å². The highest BCUT2D eigenvalue weighted by Gasteiger charge is 2.28. The Morgan fingerprint density at radius 2 is 2.17 bits per heavy atom. The number of hydroxylamine groups is 2. The van der Waals surface area contributed by atoms with Crippen molar-refractivity contribution in [2.24, 2.45) is 0 Å². The molecule has 2 rings (SSSR count). The molecule has 1 atom stereocenters. The smallest absolute Gasteiger partial charge is 0.246 e. The van der Waals surface area contributed by atoms with Crippen molar-refractivity contribution in [3.05, 3.63) is 48.6 Å². The highest BCUT2D eigenvalue weighted by atomic mass is 16.7. The van der Waals surface area contributed by atoms with Gasteiger partial charge < -0.3 is 0 Å². The van der Waals surface area contributed by atoms with E-state index in [4.69, 9.17) is 4.84 Å². The van der Waals surface area contributed by atoms with Crippen molar-refractivity contribution in [2.75, 3.05) is 6.61 Å². The molecule has 3 heteroatoms. The van der Waals surface area contributed by atoms with Gasteiger partial charge in [-0.3, -0.25) is 9.63 Å². The van der Waals surface area contributed by atoms with Crippen molar-refractivity contribution in [3.63, 3.8) is 0 Å². The molecule has 96 valence electrons. The molecule has 0 spiro atoms. The lowest BCUT2D eigenvalue weighted by atomic mass is 10.0. The summed E-state index contributed by atoms with van der Waals surface area (Å²) < 4.78 is 0. The first-order valence-corrected chi connectivity index (χ1v) is 6.43. The Balaban J connectivity index is 2.18. The van der Waals surface area contributed by atoms with Crippen LogP contribution >= 0.6 is 0 Å². The van der Waals surface area contributed by atoms with Gasteiger partial charge in [0.1, 0.15) is 0 Å². The van der Waals surface area contributed by atoms with Crippen molar-refractivity contribution in [3.8, 4) is 0 Å². The van der Waals surface area contributed by atoms with Gasteiger partial charge in [-0.2, -0.15) is 0 Å². The average Bonchev–Trinajstić information content (AvgIpc) is 2.42. The fourth-order valence-corrected chi connectivity index (χ4v) is 2.20. The van der Waals surface area contributed by atoms with Crippen LogP contribution in [0.2, 0.25) is 0 Å². The summed E-state index contributed by atoms with van der Waals surface area (Å²) >= 11 is 0. The molecule has 0 saturated carbocycles. The molecule has 0 radical (unpaired) electrons. The van der Waals surface area contributed by atoms with Crippen LogP contribution in [0.3, 0.4) is 0 Å². The van der Waals surface area contributed by atoms with Crippen molar-refractivity contribution < 1.29 is 9.63 Å². The normalized spacial score (nSPS) is 17.6. The standard InChI is InChI=1S/C15H19NO2/c1-2-3-10-14(13-8-5-4-6-9-13)16-15(17)11-7-12-18-16/h2,4-6,8-9,14H,1,3,7,10-12H2. The second-order valence-corrected chi connectivity index (χ2v) is 4.45. The summed E-state index contributed by atoms with van der Waals surface area (Å²) in [6, 6.07) is 10.0. The lowest BCUT2D eigenvalue weighted by molar-refractivity contribution is -0.214. The van der Waals surface area contributed by atoms with Crippen molar-refractivity contribution in [2.45, 2.75) is 31.7 Å². The number of amides is 1. The molecule has 1 unspecified atom stereocenters. The van der Waals surface area contributed by atoms with Gasteiger partial charge in [0, 0.05) is 6.42 Å². The van der Waals surface area contributed by atoms with Crippen molar-refractivity contribution in [1.82, 2.24) is 5.06 Å². The number of benzene rings is 1. The van der Waals surface area contributed by atoms with Gasteiger partial charge in [-0.25, -0.2) is 5.06 Å². The molecule has 1 aromatic rings. The summed E-state index contributed by atoms with van der Waals surface area (Å²) in [7, 11) is 0. The lowest BCUT2D eigenvalue weighted by Crippen LogP contribution is -2.38. The quantitative estimate of drug-likeness (QED) is 0.745. The Bertz CT molecular complexity index is 402. The predicted molar refractivity (Wildman–Crippen MR) is 70.6 cm³/mol. The number of nitrogens with zero attached hydrogens (tertiary/aromatic N) is 1. The summed E-state index contributed by atoms with van der Waals surface area (Å²) in [5.41, 5.74) is 1.12. The van der Waals surface area contributed by atoms with E-state index < -0.39 is 0 Å². The van der Waals surface area contributed by atoms with Crippen molar-refractivity contribution >= 4 is 5.91 Å². The first kappa shape index (κ1) is 12.8. The minimum absolute atomic E-state index is 0.00278. The molecule has 1 aliphatic rings. The fourth-order valence-electron chi connectivity index (χ4n) is 2.20. The molecule has 1 amide bonds. The van der Waals surface area contributed by atoms with E-state index in [0.29, 0.717) is 13.0 Å². The Hall–Kier alpha value is -1.61. The molecule has 0 aliphatic carbocycles. The van der Waals surface area contributed by atoms with E-state index in [-0.39, 0.29) is 11.9 Å². The number of hydrogen-bond acceptors (Lipinski definition) is 2. The van der Waals surface area contributed by atoms with E-state index in [1.807, 2.05) is 36.4 Å². The minimum atomic E-state index is -0.00278. The third-order valence-corrected chi connectivity index (χ3v) is 3.12. The van der Waals surface area contributed by atoms with Crippen LogP contribution in [0.25, 0.3) is 0 Å². The van der Waals surface area contributed by atoms with Gasteiger partial charge in [-0.1, -0.05) is 36.4 Å².